The third-order valence-electron chi connectivity index (χ3n) is 4.78. The molecule has 5 nitrogen and oxygen atoms in total. The van der Waals surface area contributed by atoms with Gasteiger partial charge in [0.05, 0.1) is 10.4 Å². The predicted octanol–water partition coefficient (Wildman–Crippen LogP) is 5.07. The van der Waals surface area contributed by atoms with E-state index in [4.69, 9.17) is 16.0 Å². The molecule has 0 fully saturated rings. The number of rotatable bonds is 1. The quantitative estimate of drug-likeness (QED) is 0.489. The number of benzene rings is 2. The number of aromatic amines is 1. The Morgan fingerprint density at radius 3 is 2.89 bits per heavy atom. The normalized spacial score (nSPS) is 14.2. The van der Waals surface area contributed by atoms with Gasteiger partial charge < -0.3 is 4.42 Å². The number of H-pyrrole nitrogens is 1. The van der Waals surface area contributed by atoms with Crippen LogP contribution in [0.1, 0.15) is 28.5 Å². The average molecular weight is 396 g/mol. The molecule has 5 rings (SSSR count). The third-order valence-corrected chi connectivity index (χ3v) is 6.29. The SMILES string of the molecule is CC1=NN=C(c2sc3ccc(Cl)cc3c2C)c2cc3oc(=O)[nH]c3cc2C1. The number of hydrogen-bond acceptors (Lipinski definition) is 5. The largest absolute Gasteiger partial charge is 0.417 e. The molecule has 0 bridgehead atoms. The van der Waals surface area contributed by atoms with E-state index in [-0.39, 0.29) is 0 Å². The fraction of sp³-hybridized carbons (Fsp3) is 0.150. The lowest BCUT2D eigenvalue weighted by molar-refractivity contribution is 0.555. The third kappa shape index (κ3) is 2.64. The maximum Gasteiger partial charge on any atom is 0.417 e. The summed E-state index contributed by atoms with van der Waals surface area (Å²) in [6.07, 6.45) is 0.668. The molecule has 1 aliphatic rings. The Hall–Kier alpha value is -2.70. The second-order valence-corrected chi connectivity index (χ2v) is 8.17. The summed E-state index contributed by atoms with van der Waals surface area (Å²) in [6.45, 7) is 4.03. The van der Waals surface area contributed by atoms with Crippen molar-refractivity contribution in [3.05, 3.63) is 67.5 Å². The van der Waals surface area contributed by atoms with Crippen LogP contribution >= 0.6 is 22.9 Å². The summed E-state index contributed by atoms with van der Waals surface area (Å²) in [6, 6.07) is 9.74. The van der Waals surface area contributed by atoms with Gasteiger partial charge in [-0.15, -0.1) is 16.4 Å². The standard InChI is InChI=1S/C20H14ClN3O2S/c1-9-5-11-6-15-16(26-20(25)22-15)8-14(11)18(24-23-9)19-10(2)13-7-12(21)3-4-17(13)27-19/h3-4,6-8H,5H2,1-2H3,(H,22,25). The van der Waals surface area contributed by atoms with Crippen LogP contribution in [0.2, 0.25) is 5.02 Å². The molecule has 3 heterocycles. The predicted molar refractivity (Wildman–Crippen MR) is 111 cm³/mol. The van der Waals surface area contributed by atoms with Crippen molar-refractivity contribution in [3.8, 4) is 0 Å². The van der Waals surface area contributed by atoms with E-state index < -0.39 is 5.76 Å². The molecule has 27 heavy (non-hydrogen) atoms. The van der Waals surface area contributed by atoms with Gasteiger partial charge in [-0.25, -0.2) is 4.79 Å². The Labute approximate surface area is 163 Å². The molecule has 0 unspecified atom stereocenters. The van der Waals surface area contributed by atoms with Gasteiger partial charge in [0.25, 0.3) is 0 Å². The van der Waals surface area contributed by atoms with Gasteiger partial charge in [0, 0.05) is 27.4 Å². The van der Waals surface area contributed by atoms with Crippen molar-refractivity contribution >= 4 is 55.5 Å². The highest BCUT2D eigenvalue weighted by atomic mass is 35.5. The Kier molecular flexibility index (Phi) is 3.60. The molecule has 0 atom stereocenters. The van der Waals surface area contributed by atoms with E-state index >= 15 is 0 Å². The molecule has 4 aromatic rings. The van der Waals surface area contributed by atoms with E-state index in [9.17, 15) is 4.79 Å². The Morgan fingerprint density at radius 2 is 2.04 bits per heavy atom. The monoisotopic (exact) mass is 395 g/mol. The number of nitrogens with one attached hydrogen (secondary N) is 1. The molecule has 0 spiro atoms. The zero-order valence-corrected chi connectivity index (χ0v) is 16.2. The molecular weight excluding hydrogens is 382 g/mol. The summed E-state index contributed by atoms with van der Waals surface area (Å²) in [4.78, 5) is 15.4. The second-order valence-electron chi connectivity index (χ2n) is 6.68. The van der Waals surface area contributed by atoms with Gasteiger partial charge in [-0.05, 0) is 60.7 Å². The lowest BCUT2D eigenvalue weighted by Crippen LogP contribution is -2.06. The first-order valence-electron chi connectivity index (χ1n) is 8.46. The van der Waals surface area contributed by atoms with Crippen molar-refractivity contribution in [2.45, 2.75) is 20.3 Å². The van der Waals surface area contributed by atoms with Gasteiger partial charge in [0.15, 0.2) is 5.58 Å². The van der Waals surface area contributed by atoms with Gasteiger partial charge in [0.2, 0.25) is 0 Å². The Bertz CT molecular complexity index is 1360. The summed E-state index contributed by atoms with van der Waals surface area (Å²) in [5, 5.41) is 10.8. The van der Waals surface area contributed by atoms with E-state index in [1.165, 1.54) is 0 Å². The molecule has 0 saturated heterocycles. The number of fused-ring (bicyclic) bond motifs is 3. The van der Waals surface area contributed by atoms with E-state index in [1.54, 1.807) is 11.3 Å². The molecule has 134 valence electrons. The van der Waals surface area contributed by atoms with Crippen molar-refractivity contribution < 1.29 is 4.42 Å². The number of nitrogens with zero attached hydrogens (tertiary/aromatic N) is 2. The number of thiophene rings is 1. The van der Waals surface area contributed by atoms with Crippen LogP contribution in [0.5, 0.6) is 0 Å². The molecule has 2 aromatic heterocycles. The first-order valence-corrected chi connectivity index (χ1v) is 9.65. The van der Waals surface area contributed by atoms with Gasteiger partial charge in [-0.1, -0.05) is 11.6 Å². The zero-order valence-electron chi connectivity index (χ0n) is 14.6. The average Bonchev–Trinajstić information content (AvgIpc) is 3.09. The maximum atomic E-state index is 11.6. The lowest BCUT2D eigenvalue weighted by atomic mass is 9.96. The summed E-state index contributed by atoms with van der Waals surface area (Å²) < 4.78 is 6.42. The van der Waals surface area contributed by atoms with Crippen LogP contribution in [0.3, 0.4) is 0 Å². The van der Waals surface area contributed by atoms with Gasteiger partial charge >= 0.3 is 5.76 Å². The van der Waals surface area contributed by atoms with Crippen LogP contribution in [-0.2, 0) is 6.42 Å². The molecule has 0 aliphatic carbocycles. The van der Waals surface area contributed by atoms with E-state index in [0.717, 1.165) is 43.1 Å². The van der Waals surface area contributed by atoms with Crippen LogP contribution in [0.15, 0.2) is 49.7 Å². The smallest absolute Gasteiger partial charge is 0.408 e. The highest BCUT2D eigenvalue weighted by molar-refractivity contribution is 7.21. The molecule has 1 N–H and O–H groups in total. The minimum atomic E-state index is -0.457. The van der Waals surface area contributed by atoms with Gasteiger partial charge in [-0.2, -0.15) is 5.10 Å². The number of aromatic nitrogens is 1. The van der Waals surface area contributed by atoms with Crippen molar-refractivity contribution in [1.82, 2.24) is 4.98 Å². The first kappa shape index (κ1) is 16.5. The molecule has 7 heteroatoms. The van der Waals surface area contributed by atoms with Crippen LogP contribution in [0, 0.1) is 6.92 Å². The summed E-state index contributed by atoms with van der Waals surface area (Å²) in [5.41, 5.74) is 6.03. The minimum Gasteiger partial charge on any atom is -0.408 e. The second kappa shape index (κ2) is 5.90. The van der Waals surface area contributed by atoms with Gasteiger partial charge in [0.1, 0.15) is 5.71 Å². The lowest BCUT2D eigenvalue weighted by Gasteiger charge is -2.08. The zero-order chi connectivity index (χ0) is 18.7. The summed E-state index contributed by atoms with van der Waals surface area (Å²) in [5.74, 6) is -0.457. The van der Waals surface area contributed by atoms with E-state index in [1.807, 2.05) is 37.3 Å². The minimum absolute atomic E-state index is 0.457. The Morgan fingerprint density at radius 1 is 1.19 bits per heavy atom. The molecule has 0 amide bonds. The van der Waals surface area contributed by atoms with Crippen molar-refractivity contribution in [3.63, 3.8) is 0 Å². The number of hydrogen-bond donors (Lipinski definition) is 1. The van der Waals surface area contributed by atoms with E-state index in [0.29, 0.717) is 22.5 Å². The molecular formula is C20H14ClN3O2S. The van der Waals surface area contributed by atoms with Crippen LogP contribution < -0.4 is 5.76 Å². The van der Waals surface area contributed by atoms with Gasteiger partial charge in [-0.3, -0.25) is 4.98 Å². The number of halogens is 1. The molecule has 0 radical (unpaired) electrons. The fourth-order valence-electron chi connectivity index (χ4n) is 3.50. The summed E-state index contributed by atoms with van der Waals surface area (Å²) >= 11 is 7.85. The summed E-state index contributed by atoms with van der Waals surface area (Å²) in [7, 11) is 0. The Balaban J connectivity index is 1.81. The number of aryl methyl sites for hydroxylation is 1. The van der Waals surface area contributed by atoms with Crippen molar-refractivity contribution in [2.24, 2.45) is 10.2 Å². The number of oxazole rings is 1. The van der Waals surface area contributed by atoms with Crippen LogP contribution in [-0.4, -0.2) is 16.4 Å². The molecule has 2 aromatic carbocycles. The topological polar surface area (TPSA) is 70.7 Å². The molecule has 1 aliphatic heterocycles. The maximum absolute atomic E-state index is 11.6. The van der Waals surface area contributed by atoms with Crippen molar-refractivity contribution in [1.29, 1.82) is 0 Å². The first-order chi connectivity index (χ1) is 13.0. The highest BCUT2D eigenvalue weighted by Gasteiger charge is 2.22. The highest BCUT2D eigenvalue weighted by Crippen LogP contribution is 2.36. The molecule has 0 saturated carbocycles. The van der Waals surface area contributed by atoms with Crippen LogP contribution in [0.25, 0.3) is 21.2 Å². The van der Waals surface area contributed by atoms with Crippen LogP contribution in [0.4, 0.5) is 0 Å². The van der Waals surface area contributed by atoms with E-state index in [2.05, 4.69) is 22.1 Å². The van der Waals surface area contributed by atoms with Crippen molar-refractivity contribution in [2.75, 3.05) is 0 Å². The fourth-order valence-corrected chi connectivity index (χ4v) is 4.86.